The average molecular weight is 588 g/mol. The summed E-state index contributed by atoms with van der Waals surface area (Å²) in [6, 6.07) is 12.9. The first-order valence-electron chi connectivity index (χ1n) is 14.0. The average Bonchev–Trinajstić information content (AvgIpc) is 3.01. The van der Waals surface area contributed by atoms with Crippen LogP contribution in [0.15, 0.2) is 42.5 Å². The Balaban J connectivity index is 1.45. The minimum atomic E-state index is -0.888. The molecule has 11 heteroatoms. The Morgan fingerprint density at radius 2 is 1.73 bits per heavy atom. The van der Waals surface area contributed by atoms with E-state index in [0.29, 0.717) is 43.1 Å². The molecule has 2 aliphatic rings. The van der Waals surface area contributed by atoms with Gasteiger partial charge in [-0.05, 0) is 83.2 Å². The van der Waals surface area contributed by atoms with Gasteiger partial charge in [0.2, 0.25) is 0 Å². The second-order valence-corrected chi connectivity index (χ2v) is 11.3. The molecule has 2 heterocycles. The van der Waals surface area contributed by atoms with Crippen LogP contribution in [0, 0.1) is 0 Å². The van der Waals surface area contributed by atoms with Crippen molar-refractivity contribution in [1.82, 2.24) is 5.32 Å². The van der Waals surface area contributed by atoms with Crippen molar-refractivity contribution in [3.63, 3.8) is 0 Å². The number of nitrogens with one attached hydrogen (secondary N) is 1. The first kappa shape index (κ1) is 30.6. The molecule has 10 nitrogen and oxygen atoms in total. The molecule has 2 aromatic rings. The summed E-state index contributed by atoms with van der Waals surface area (Å²) in [5.41, 5.74) is 2.05. The lowest BCUT2D eigenvalue weighted by Gasteiger charge is -2.28. The maximum atomic E-state index is 13.8. The van der Waals surface area contributed by atoms with Crippen LogP contribution in [0.25, 0.3) is 0 Å². The Kier molecular flexibility index (Phi) is 10.5. The third kappa shape index (κ3) is 8.58. The van der Waals surface area contributed by atoms with Gasteiger partial charge in [0, 0.05) is 24.7 Å². The number of ether oxygens (including phenoxy) is 4. The van der Waals surface area contributed by atoms with Gasteiger partial charge in [-0.15, -0.1) is 0 Å². The predicted octanol–water partition coefficient (Wildman–Crippen LogP) is 6.42. The summed E-state index contributed by atoms with van der Waals surface area (Å²) in [6.45, 7) is 7.22. The largest absolute Gasteiger partial charge is 0.449 e. The second-order valence-electron chi connectivity index (χ2n) is 10.9. The zero-order chi connectivity index (χ0) is 29.4. The van der Waals surface area contributed by atoms with Crippen LogP contribution in [-0.4, -0.2) is 62.9 Å². The van der Waals surface area contributed by atoms with Crippen molar-refractivity contribution < 1.29 is 33.3 Å². The van der Waals surface area contributed by atoms with Gasteiger partial charge in [-0.1, -0.05) is 23.7 Å². The normalized spacial score (nSPS) is 16.9. The number of anilines is 3. The zero-order valence-electron chi connectivity index (χ0n) is 23.8. The molecule has 1 atom stereocenters. The van der Waals surface area contributed by atoms with Crippen molar-refractivity contribution in [3.05, 3.63) is 53.1 Å². The molecule has 1 N–H and O–H groups in total. The number of halogens is 1. The smallest absolute Gasteiger partial charge is 0.417 e. The van der Waals surface area contributed by atoms with Crippen molar-refractivity contribution in [2.75, 3.05) is 42.7 Å². The highest BCUT2D eigenvalue weighted by atomic mass is 35.5. The number of benzene rings is 2. The van der Waals surface area contributed by atoms with Gasteiger partial charge in [0.05, 0.1) is 35.8 Å². The van der Waals surface area contributed by atoms with Crippen LogP contribution in [0.1, 0.15) is 63.2 Å². The summed E-state index contributed by atoms with van der Waals surface area (Å²) < 4.78 is 21.8. The number of hydrogen-bond donors (Lipinski definition) is 1. The molecule has 0 aromatic heterocycles. The van der Waals surface area contributed by atoms with E-state index in [1.54, 1.807) is 31.7 Å². The van der Waals surface area contributed by atoms with E-state index in [-0.39, 0.29) is 18.8 Å². The number of nitrogens with zero attached hydrogens (tertiary/aromatic N) is 2. The lowest BCUT2D eigenvalue weighted by atomic mass is 10.1. The topological polar surface area (TPSA) is 107 Å². The molecule has 0 radical (unpaired) electrons. The molecule has 1 fully saturated rings. The molecule has 0 saturated carbocycles. The van der Waals surface area contributed by atoms with Crippen molar-refractivity contribution in [2.45, 2.75) is 64.8 Å². The van der Waals surface area contributed by atoms with Gasteiger partial charge in [0.15, 0.2) is 6.29 Å². The molecule has 0 bridgehead atoms. The van der Waals surface area contributed by atoms with Crippen molar-refractivity contribution in [2.24, 2.45) is 0 Å². The predicted molar refractivity (Wildman–Crippen MR) is 156 cm³/mol. The number of carbonyl (C=O) groups excluding carboxylic acids is 3. The molecule has 4 rings (SSSR count). The van der Waals surface area contributed by atoms with E-state index >= 15 is 0 Å². The number of amides is 3. The molecule has 3 amide bonds. The van der Waals surface area contributed by atoms with Gasteiger partial charge in [-0.3, -0.25) is 4.79 Å². The molecule has 222 valence electrons. The Bertz CT molecular complexity index is 1230. The van der Waals surface area contributed by atoms with Crippen LogP contribution in [0.3, 0.4) is 0 Å². The molecule has 41 heavy (non-hydrogen) atoms. The molecule has 0 spiro atoms. The zero-order valence-corrected chi connectivity index (χ0v) is 24.6. The van der Waals surface area contributed by atoms with Crippen molar-refractivity contribution >= 4 is 46.8 Å². The summed E-state index contributed by atoms with van der Waals surface area (Å²) in [7, 11) is 0. The summed E-state index contributed by atoms with van der Waals surface area (Å²) in [5.74, 6) is -0.117. The van der Waals surface area contributed by atoms with Gasteiger partial charge in [0.25, 0.3) is 5.91 Å². The Morgan fingerprint density at radius 1 is 0.976 bits per heavy atom. The van der Waals surface area contributed by atoms with Crippen LogP contribution in [-0.2, 0) is 18.9 Å². The fourth-order valence-electron chi connectivity index (χ4n) is 4.77. The van der Waals surface area contributed by atoms with E-state index in [4.69, 9.17) is 30.5 Å². The number of alkyl carbamates (subject to hydrolysis) is 2. The lowest BCUT2D eigenvalue weighted by molar-refractivity contribution is -0.162. The van der Waals surface area contributed by atoms with E-state index in [9.17, 15) is 14.4 Å². The number of hydrogen-bond acceptors (Lipinski definition) is 8. The lowest BCUT2D eigenvalue weighted by Crippen LogP contribution is -2.36. The van der Waals surface area contributed by atoms with E-state index in [1.165, 1.54) is 0 Å². The Hall–Kier alpha value is -3.34. The monoisotopic (exact) mass is 587 g/mol. The molecular formula is C30H38ClN3O7. The van der Waals surface area contributed by atoms with E-state index in [2.05, 4.69) is 5.32 Å². The highest BCUT2D eigenvalue weighted by molar-refractivity contribution is 6.31. The van der Waals surface area contributed by atoms with Crippen molar-refractivity contribution in [1.29, 1.82) is 0 Å². The van der Waals surface area contributed by atoms with Gasteiger partial charge in [-0.2, -0.15) is 0 Å². The summed E-state index contributed by atoms with van der Waals surface area (Å²) in [4.78, 5) is 41.5. The molecule has 2 aromatic carbocycles. The molecule has 0 aliphatic carbocycles. The Labute approximate surface area is 245 Å². The quantitative estimate of drug-likeness (QED) is 0.335. The molecular weight excluding hydrogens is 550 g/mol. The number of carbonyl (C=O) groups is 3. The maximum absolute atomic E-state index is 13.8. The first-order chi connectivity index (χ1) is 19.6. The highest BCUT2D eigenvalue weighted by Crippen LogP contribution is 2.42. The standard InChI is InChI=1S/C30H38ClN3O7/c1-30(2,3)41-29(37)32-28(36)40-19-8-15-33-23-11-5-4-10-22(23)27(35)34(24-14-13-21(31)20-25(24)33)16-9-18-39-26-12-6-7-17-38-26/h4-5,10-11,13-14,20,26H,6-9,12,15-19H2,1-3H3,(H,32,36,37). The fourth-order valence-corrected chi connectivity index (χ4v) is 4.94. The van der Waals surface area contributed by atoms with Gasteiger partial charge in [0.1, 0.15) is 5.60 Å². The minimum absolute atomic E-state index is 0.0431. The summed E-state index contributed by atoms with van der Waals surface area (Å²) in [5, 5.41) is 2.59. The molecule has 1 unspecified atom stereocenters. The van der Waals surface area contributed by atoms with Crippen LogP contribution in [0.2, 0.25) is 5.02 Å². The van der Waals surface area contributed by atoms with E-state index in [0.717, 1.165) is 42.9 Å². The van der Waals surface area contributed by atoms with Gasteiger partial charge >= 0.3 is 12.2 Å². The number of para-hydroxylation sites is 1. The van der Waals surface area contributed by atoms with Gasteiger partial charge < -0.3 is 28.7 Å². The second kappa shape index (κ2) is 14.0. The fraction of sp³-hybridized carbons (Fsp3) is 0.500. The third-order valence-corrected chi connectivity index (χ3v) is 6.75. The van der Waals surface area contributed by atoms with Crippen LogP contribution < -0.4 is 15.1 Å². The summed E-state index contributed by atoms with van der Waals surface area (Å²) in [6.07, 6.45) is 2.15. The minimum Gasteiger partial charge on any atom is -0.449 e. The highest BCUT2D eigenvalue weighted by Gasteiger charge is 2.31. The number of rotatable bonds is 9. The molecule has 2 aliphatic heterocycles. The molecule has 1 saturated heterocycles. The number of imide groups is 1. The first-order valence-corrected chi connectivity index (χ1v) is 14.4. The summed E-state index contributed by atoms with van der Waals surface area (Å²) >= 11 is 6.43. The SMILES string of the molecule is CC(C)(C)OC(=O)NC(=O)OCCCN1c2ccccc2C(=O)N(CCCOC2CCCCO2)c2ccc(Cl)cc21. The number of fused-ring (bicyclic) bond motifs is 2. The van der Waals surface area contributed by atoms with Crippen LogP contribution in [0.5, 0.6) is 0 Å². The van der Waals surface area contributed by atoms with Crippen molar-refractivity contribution in [3.8, 4) is 0 Å². The maximum Gasteiger partial charge on any atom is 0.417 e. The van der Waals surface area contributed by atoms with Crippen LogP contribution >= 0.6 is 11.6 Å². The Morgan fingerprint density at radius 3 is 2.49 bits per heavy atom. The van der Waals surface area contributed by atoms with Crippen LogP contribution in [0.4, 0.5) is 26.7 Å². The van der Waals surface area contributed by atoms with E-state index in [1.807, 2.05) is 41.3 Å². The third-order valence-electron chi connectivity index (χ3n) is 6.52. The van der Waals surface area contributed by atoms with Gasteiger partial charge in [-0.25, -0.2) is 14.9 Å². The van der Waals surface area contributed by atoms with E-state index < -0.39 is 17.8 Å².